The van der Waals surface area contributed by atoms with Gasteiger partial charge in [0, 0.05) is 19.1 Å². The molecule has 1 aliphatic heterocycles. The van der Waals surface area contributed by atoms with Gasteiger partial charge in [-0.25, -0.2) is 0 Å². The monoisotopic (exact) mass is 232 g/mol. The first-order chi connectivity index (χ1) is 8.15. The minimum absolute atomic E-state index is 0.0975. The molecular formula is C15H24N2. The lowest BCUT2D eigenvalue weighted by molar-refractivity contribution is 0.106. The molecule has 2 unspecified atom stereocenters. The van der Waals surface area contributed by atoms with Crippen molar-refractivity contribution in [2.24, 2.45) is 0 Å². The molecule has 1 aliphatic rings. The summed E-state index contributed by atoms with van der Waals surface area (Å²) < 4.78 is 0. The van der Waals surface area contributed by atoms with Gasteiger partial charge >= 0.3 is 0 Å². The predicted molar refractivity (Wildman–Crippen MR) is 73.1 cm³/mol. The molecule has 0 aliphatic carbocycles. The van der Waals surface area contributed by atoms with E-state index >= 15 is 0 Å². The number of benzene rings is 1. The van der Waals surface area contributed by atoms with E-state index in [4.69, 9.17) is 0 Å². The second kappa shape index (κ2) is 5.19. The molecule has 0 radical (unpaired) electrons. The lowest BCUT2D eigenvalue weighted by Crippen LogP contribution is -2.59. The average molecular weight is 232 g/mol. The van der Waals surface area contributed by atoms with Crippen LogP contribution in [-0.4, -0.2) is 31.1 Å². The fourth-order valence-electron chi connectivity index (χ4n) is 2.84. The van der Waals surface area contributed by atoms with Crippen molar-refractivity contribution in [1.82, 2.24) is 10.2 Å². The van der Waals surface area contributed by atoms with Crippen LogP contribution in [0.2, 0.25) is 0 Å². The number of nitrogens with zero attached hydrogens (tertiary/aromatic N) is 1. The first kappa shape index (κ1) is 12.6. The summed E-state index contributed by atoms with van der Waals surface area (Å²) in [5.74, 6) is 0. The molecule has 0 spiro atoms. The van der Waals surface area contributed by atoms with Crippen molar-refractivity contribution in [3.8, 4) is 0 Å². The highest BCUT2D eigenvalue weighted by Crippen LogP contribution is 2.26. The standard InChI is InChI=1S/C15H24N2/c1-4-8-14-11-16-15(2,12-17(14)3)13-9-6-5-7-10-13/h5-7,9-10,14,16H,4,8,11-12H2,1-3H3. The van der Waals surface area contributed by atoms with Gasteiger partial charge in [0.2, 0.25) is 0 Å². The molecule has 0 saturated carbocycles. The van der Waals surface area contributed by atoms with Gasteiger partial charge in [-0.05, 0) is 26.0 Å². The second-order valence-electron chi connectivity index (χ2n) is 5.44. The fourth-order valence-corrected chi connectivity index (χ4v) is 2.84. The molecule has 1 heterocycles. The summed E-state index contributed by atoms with van der Waals surface area (Å²) in [6.45, 7) is 6.75. The molecule has 2 rings (SSSR count). The summed E-state index contributed by atoms with van der Waals surface area (Å²) in [5, 5.41) is 3.74. The molecular weight excluding hydrogens is 208 g/mol. The molecule has 0 bridgehead atoms. The van der Waals surface area contributed by atoms with Crippen LogP contribution in [0.4, 0.5) is 0 Å². The van der Waals surface area contributed by atoms with E-state index in [0.29, 0.717) is 6.04 Å². The predicted octanol–water partition coefficient (Wildman–Crippen LogP) is 2.61. The smallest absolute Gasteiger partial charge is 0.0535 e. The van der Waals surface area contributed by atoms with Crippen LogP contribution in [-0.2, 0) is 5.54 Å². The Kier molecular flexibility index (Phi) is 3.85. The maximum absolute atomic E-state index is 3.74. The number of likely N-dealkylation sites (N-methyl/N-ethyl adjacent to an activating group) is 1. The van der Waals surface area contributed by atoms with Crippen molar-refractivity contribution in [3.05, 3.63) is 35.9 Å². The first-order valence-corrected chi connectivity index (χ1v) is 6.66. The van der Waals surface area contributed by atoms with E-state index < -0.39 is 0 Å². The van der Waals surface area contributed by atoms with Crippen molar-refractivity contribution in [2.45, 2.75) is 38.3 Å². The number of piperazine rings is 1. The van der Waals surface area contributed by atoms with E-state index in [1.54, 1.807) is 0 Å². The van der Waals surface area contributed by atoms with Crippen molar-refractivity contribution >= 4 is 0 Å². The average Bonchev–Trinajstić information content (AvgIpc) is 2.34. The normalized spacial score (nSPS) is 30.4. The van der Waals surface area contributed by atoms with Gasteiger partial charge in [-0.3, -0.25) is 4.90 Å². The van der Waals surface area contributed by atoms with Gasteiger partial charge in [-0.15, -0.1) is 0 Å². The molecule has 2 nitrogen and oxygen atoms in total. The van der Waals surface area contributed by atoms with E-state index in [2.05, 4.69) is 61.4 Å². The second-order valence-corrected chi connectivity index (χ2v) is 5.44. The molecule has 0 aromatic heterocycles. The molecule has 94 valence electrons. The van der Waals surface area contributed by atoms with Crippen LogP contribution < -0.4 is 5.32 Å². The summed E-state index contributed by atoms with van der Waals surface area (Å²) in [7, 11) is 2.25. The zero-order valence-electron chi connectivity index (χ0n) is 11.2. The van der Waals surface area contributed by atoms with E-state index in [9.17, 15) is 0 Å². The third-order valence-electron chi connectivity index (χ3n) is 3.95. The number of rotatable bonds is 3. The zero-order chi connectivity index (χ0) is 12.3. The first-order valence-electron chi connectivity index (χ1n) is 6.66. The third kappa shape index (κ3) is 2.70. The molecule has 2 atom stereocenters. The van der Waals surface area contributed by atoms with E-state index in [1.165, 1.54) is 18.4 Å². The zero-order valence-corrected chi connectivity index (χ0v) is 11.2. The SMILES string of the molecule is CCCC1CNC(C)(c2ccccc2)CN1C. The van der Waals surface area contributed by atoms with Gasteiger partial charge in [-0.1, -0.05) is 43.7 Å². The highest BCUT2D eigenvalue weighted by atomic mass is 15.2. The lowest BCUT2D eigenvalue weighted by atomic mass is 9.88. The van der Waals surface area contributed by atoms with Gasteiger partial charge in [-0.2, -0.15) is 0 Å². The van der Waals surface area contributed by atoms with Gasteiger partial charge in [0.25, 0.3) is 0 Å². The van der Waals surface area contributed by atoms with Crippen LogP contribution in [0.3, 0.4) is 0 Å². The van der Waals surface area contributed by atoms with E-state index in [0.717, 1.165) is 13.1 Å². The van der Waals surface area contributed by atoms with Crippen molar-refractivity contribution < 1.29 is 0 Å². The maximum atomic E-state index is 3.74. The van der Waals surface area contributed by atoms with Crippen molar-refractivity contribution in [2.75, 3.05) is 20.1 Å². The number of hydrogen-bond acceptors (Lipinski definition) is 2. The van der Waals surface area contributed by atoms with Gasteiger partial charge in [0.15, 0.2) is 0 Å². The maximum Gasteiger partial charge on any atom is 0.0535 e. The number of nitrogens with one attached hydrogen (secondary N) is 1. The van der Waals surface area contributed by atoms with Crippen LogP contribution in [0.1, 0.15) is 32.3 Å². The molecule has 1 fully saturated rings. The summed E-state index contributed by atoms with van der Waals surface area (Å²) >= 11 is 0. The Bertz CT molecular complexity index is 349. The number of hydrogen-bond donors (Lipinski definition) is 1. The van der Waals surface area contributed by atoms with Crippen molar-refractivity contribution in [1.29, 1.82) is 0 Å². The molecule has 1 aromatic carbocycles. The summed E-state index contributed by atoms with van der Waals surface area (Å²) in [6, 6.07) is 11.5. The summed E-state index contributed by atoms with van der Waals surface area (Å²) in [4.78, 5) is 2.51. The van der Waals surface area contributed by atoms with E-state index in [-0.39, 0.29) is 5.54 Å². The van der Waals surface area contributed by atoms with Crippen LogP contribution >= 0.6 is 0 Å². The largest absolute Gasteiger partial charge is 0.305 e. The molecule has 17 heavy (non-hydrogen) atoms. The Morgan fingerprint density at radius 1 is 1.35 bits per heavy atom. The van der Waals surface area contributed by atoms with Crippen LogP contribution in [0, 0.1) is 0 Å². The highest BCUT2D eigenvalue weighted by molar-refractivity contribution is 5.25. The Hall–Kier alpha value is -0.860. The lowest BCUT2D eigenvalue weighted by Gasteiger charge is -2.45. The quantitative estimate of drug-likeness (QED) is 0.862. The fraction of sp³-hybridized carbons (Fsp3) is 0.600. The highest BCUT2D eigenvalue weighted by Gasteiger charge is 2.34. The molecule has 2 heteroatoms. The topological polar surface area (TPSA) is 15.3 Å². The Morgan fingerprint density at radius 2 is 2.06 bits per heavy atom. The van der Waals surface area contributed by atoms with Gasteiger partial charge in [0.05, 0.1) is 5.54 Å². The van der Waals surface area contributed by atoms with Crippen molar-refractivity contribution in [3.63, 3.8) is 0 Å². The summed E-state index contributed by atoms with van der Waals surface area (Å²) in [5.41, 5.74) is 1.49. The Labute approximate surface area is 105 Å². The molecule has 1 N–H and O–H groups in total. The minimum Gasteiger partial charge on any atom is -0.305 e. The Morgan fingerprint density at radius 3 is 2.65 bits per heavy atom. The minimum atomic E-state index is 0.0975. The van der Waals surface area contributed by atoms with Crippen LogP contribution in [0.25, 0.3) is 0 Å². The van der Waals surface area contributed by atoms with E-state index in [1.807, 2.05) is 0 Å². The molecule has 0 amide bonds. The van der Waals surface area contributed by atoms with Gasteiger partial charge in [0.1, 0.15) is 0 Å². The molecule has 1 aromatic rings. The Balaban J connectivity index is 2.10. The third-order valence-corrected chi connectivity index (χ3v) is 3.95. The summed E-state index contributed by atoms with van der Waals surface area (Å²) in [6.07, 6.45) is 2.55. The van der Waals surface area contributed by atoms with Crippen LogP contribution in [0.15, 0.2) is 30.3 Å². The van der Waals surface area contributed by atoms with Gasteiger partial charge < -0.3 is 5.32 Å². The molecule has 1 saturated heterocycles. The van der Waals surface area contributed by atoms with Crippen LogP contribution in [0.5, 0.6) is 0 Å².